The number of H-pyrrole nitrogens is 2. The van der Waals surface area contributed by atoms with E-state index in [1.54, 1.807) is 12.1 Å². The number of aromatic nitrogens is 3. The highest BCUT2D eigenvalue weighted by Gasteiger charge is 2.04. The minimum absolute atomic E-state index is 0.232. The third-order valence-corrected chi connectivity index (χ3v) is 3.19. The van der Waals surface area contributed by atoms with Crippen molar-refractivity contribution >= 4 is 22.6 Å². The Labute approximate surface area is 118 Å². The van der Waals surface area contributed by atoms with E-state index in [1.807, 2.05) is 24.3 Å². The van der Waals surface area contributed by atoms with Crippen LogP contribution in [0.4, 0.5) is 0 Å². The maximum atomic E-state index is 11.7. The van der Waals surface area contributed by atoms with Crippen molar-refractivity contribution in [2.24, 2.45) is 0 Å². The first kappa shape index (κ1) is 12.6. The van der Waals surface area contributed by atoms with E-state index >= 15 is 0 Å². The van der Waals surface area contributed by atoms with E-state index in [1.165, 1.54) is 0 Å². The van der Waals surface area contributed by atoms with Gasteiger partial charge in [-0.15, -0.1) is 0 Å². The van der Waals surface area contributed by atoms with Crippen molar-refractivity contribution in [3.05, 3.63) is 73.5 Å². The van der Waals surface area contributed by atoms with Crippen LogP contribution in [0.5, 0.6) is 0 Å². The van der Waals surface area contributed by atoms with Crippen LogP contribution in [0.2, 0.25) is 5.02 Å². The van der Waals surface area contributed by atoms with Crippen molar-refractivity contribution in [1.82, 2.24) is 15.0 Å². The second-order valence-electron chi connectivity index (χ2n) is 4.41. The number of hydrogen-bond donors (Lipinski definition) is 2. The van der Waals surface area contributed by atoms with Crippen molar-refractivity contribution in [3.63, 3.8) is 0 Å². The SMILES string of the molecule is O=c1[nH]c(=O)c2nc(Cc3ccc(Cl)cc3)ccc2[nH]1. The zero-order chi connectivity index (χ0) is 14.1. The van der Waals surface area contributed by atoms with Gasteiger partial charge in [0.15, 0.2) is 5.52 Å². The first-order chi connectivity index (χ1) is 9.61. The standard InChI is InChI=1S/C14H10ClN3O2/c15-9-3-1-8(2-4-9)7-10-5-6-11-12(16-10)13(19)18-14(20)17-11/h1-6H,7H2,(H2,17,18,19,20). The van der Waals surface area contributed by atoms with Crippen LogP contribution in [0.1, 0.15) is 11.3 Å². The molecule has 3 aromatic rings. The molecule has 0 amide bonds. The zero-order valence-corrected chi connectivity index (χ0v) is 11.1. The van der Waals surface area contributed by atoms with Gasteiger partial charge in [-0.25, -0.2) is 9.78 Å². The van der Waals surface area contributed by atoms with Crippen LogP contribution in [0.25, 0.3) is 11.0 Å². The Bertz CT molecular complexity index is 881. The molecular formula is C14H10ClN3O2. The number of nitrogens with zero attached hydrogens (tertiary/aromatic N) is 1. The van der Waals surface area contributed by atoms with Crippen LogP contribution in [-0.4, -0.2) is 15.0 Å². The van der Waals surface area contributed by atoms with Crippen LogP contribution < -0.4 is 11.2 Å². The smallest absolute Gasteiger partial charge is 0.305 e. The van der Waals surface area contributed by atoms with Crippen LogP contribution in [0.15, 0.2) is 46.0 Å². The maximum absolute atomic E-state index is 11.7. The molecule has 0 unspecified atom stereocenters. The zero-order valence-electron chi connectivity index (χ0n) is 10.3. The largest absolute Gasteiger partial charge is 0.326 e. The lowest BCUT2D eigenvalue weighted by atomic mass is 10.1. The van der Waals surface area contributed by atoms with Crippen LogP contribution in [0, 0.1) is 0 Å². The number of halogens is 1. The van der Waals surface area contributed by atoms with E-state index in [0.717, 1.165) is 11.3 Å². The molecule has 0 saturated carbocycles. The fourth-order valence-electron chi connectivity index (χ4n) is 2.00. The van der Waals surface area contributed by atoms with Crippen LogP contribution in [0.3, 0.4) is 0 Å². The third-order valence-electron chi connectivity index (χ3n) is 2.94. The molecular weight excluding hydrogens is 278 g/mol. The predicted molar refractivity (Wildman–Crippen MR) is 77.2 cm³/mol. The Balaban J connectivity index is 2.03. The lowest BCUT2D eigenvalue weighted by Gasteiger charge is -2.03. The minimum Gasteiger partial charge on any atom is -0.305 e. The summed E-state index contributed by atoms with van der Waals surface area (Å²) in [7, 11) is 0. The van der Waals surface area contributed by atoms with E-state index in [9.17, 15) is 9.59 Å². The Morgan fingerprint density at radius 3 is 2.50 bits per heavy atom. The van der Waals surface area contributed by atoms with E-state index in [4.69, 9.17) is 11.6 Å². The monoisotopic (exact) mass is 287 g/mol. The lowest BCUT2D eigenvalue weighted by molar-refractivity contribution is 1.04. The minimum atomic E-state index is -0.533. The molecule has 100 valence electrons. The van der Waals surface area contributed by atoms with Crippen molar-refractivity contribution in [1.29, 1.82) is 0 Å². The molecule has 2 aromatic heterocycles. The Kier molecular flexibility index (Phi) is 3.12. The number of nitrogens with one attached hydrogen (secondary N) is 2. The predicted octanol–water partition coefficient (Wildman–Crippen LogP) is 1.86. The van der Waals surface area contributed by atoms with E-state index in [0.29, 0.717) is 17.0 Å². The molecule has 0 aliphatic heterocycles. The molecule has 1 aromatic carbocycles. The van der Waals surface area contributed by atoms with Crippen LogP contribution in [-0.2, 0) is 6.42 Å². The Morgan fingerprint density at radius 2 is 1.75 bits per heavy atom. The van der Waals surface area contributed by atoms with Crippen molar-refractivity contribution in [3.8, 4) is 0 Å². The number of fused-ring (bicyclic) bond motifs is 1. The van der Waals surface area contributed by atoms with Gasteiger partial charge in [-0.2, -0.15) is 0 Å². The third kappa shape index (κ3) is 2.48. The normalized spacial score (nSPS) is 10.8. The maximum Gasteiger partial charge on any atom is 0.326 e. The highest BCUT2D eigenvalue weighted by Crippen LogP contribution is 2.13. The Morgan fingerprint density at radius 1 is 1.00 bits per heavy atom. The summed E-state index contributed by atoms with van der Waals surface area (Å²) >= 11 is 5.83. The second-order valence-corrected chi connectivity index (χ2v) is 4.85. The number of rotatable bonds is 2. The van der Waals surface area contributed by atoms with Gasteiger partial charge in [-0.1, -0.05) is 23.7 Å². The van der Waals surface area contributed by atoms with Crippen molar-refractivity contribution in [2.75, 3.05) is 0 Å². The summed E-state index contributed by atoms with van der Waals surface area (Å²) in [5.74, 6) is 0. The van der Waals surface area contributed by atoms with E-state index in [2.05, 4.69) is 15.0 Å². The molecule has 0 atom stereocenters. The van der Waals surface area contributed by atoms with Gasteiger partial charge >= 0.3 is 5.69 Å². The van der Waals surface area contributed by atoms with Gasteiger partial charge in [0.1, 0.15) is 0 Å². The van der Waals surface area contributed by atoms with Gasteiger partial charge in [-0.3, -0.25) is 9.78 Å². The van der Waals surface area contributed by atoms with E-state index < -0.39 is 11.2 Å². The van der Waals surface area contributed by atoms with Gasteiger partial charge in [0.2, 0.25) is 0 Å². The molecule has 0 saturated heterocycles. The summed E-state index contributed by atoms with van der Waals surface area (Å²) in [6.45, 7) is 0. The van der Waals surface area contributed by atoms with Gasteiger partial charge in [-0.05, 0) is 29.8 Å². The van der Waals surface area contributed by atoms with Crippen molar-refractivity contribution in [2.45, 2.75) is 6.42 Å². The molecule has 0 bridgehead atoms. The van der Waals surface area contributed by atoms with Gasteiger partial charge < -0.3 is 4.98 Å². The first-order valence-electron chi connectivity index (χ1n) is 5.98. The molecule has 0 aliphatic rings. The number of aromatic amines is 2. The summed E-state index contributed by atoms with van der Waals surface area (Å²) < 4.78 is 0. The van der Waals surface area contributed by atoms with Crippen molar-refractivity contribution < 1.29 is 0 Å². The fourth-order valence-corrected chi connectivity index (χ4v) is 2.13. The highest BCUT2D eigenvalue weighted by molar-refractivity contribution is 6.30. The number of pyridine rings is 1. The number of benzene rings is 1. The summed E-state index contributed by atoms with van der Waals surface area (Å²) in [6.07, 6.45) is 0.589. The molecule has 0 fully saturated rings. The van der Waals surface area contributed by atoms with Crippen LogP contribution >= 0.6 is 11.6 Å². The molecule has 0 aliphatic carbocycles. The molecule has 2 N–H and O–H groups in total. The average Bonchev–Trinajstić information content (AvgIpc) is 2.42. The molecule has 20 heavy (non-hydrogen) atoms. The molecule has 0 spiro atoms. The molecule has 6 heteroatoms. The first-order valence-corrected chi connectivity index (χ1v) is 6.36. The Hall–Kier alpha value is -2.40. The van der Waals surface area contributed by atoms with Gasteiger partial charge in [0.25, 0.3) is 5.56 Å². The molecule has 5 nitrogen and oxygen atoms in total. The summed E-state index contributed by atoms with van der Waals surface area (Å²) in [4.78, 5) is 31.8. The summed E-state index contributed by atoms with van der Waals surface area (Å²) in [6, 6.07) is 10.9. The van der Waals surface area contributed by atoms with E-state index in [-0.39, 0.29) is 5.52 Å². The second kappa shape index (κ2) is 4.94. The van der Waals surface area contributed by atoms with Gasteiger partial charge in [0.05, 0.1) is 5.52 Å². The fraction of sp³-hybridized carbons (Fsp3) is 0.0714. The molecule has 2 heterocycles. The number of hydrogen-bond acceptors (Lipinski definition) is 3. The van der Waals surface area contributed by atoms with Gasteiger partial charge in [0, 0.05) is 17.1 Å². The summed E-state index contributed by atoms with van der Waals surface area (Å²) in [5, 5.41) is 0.675. The molecule has 3 rings (SSSR count). The highest BCUT2D eigenvalue weighted by atomic mass is 35.5. The quantitative estimate of drug-likeness (QED) is 0.755. The lowest BCUT2D eigenvalue weighted by Crippen LogP contribution is -2.22. The topological polar surface area (TPSA) is 78.6 Å². The summed E-state index contributed by atoms with van der Waals surface area (Å²) in [5.41, 5.74) is 1.44. The average molecular weight is 288 g/mol. The molecule has 0 radical (unpaired) electrons.